The Hall–Kier alpha value is -2.76. The van der Waals surface area contributed by atoms with Gasteiger partial charge in [-0.05, 0) is 24.6 Å². The number of ether oxygens (including phenoxy) is 2. The highest BCUT2D eigenvalue weighted by Gasteiger charge is 2.33. The number of aromatic nitrogens is 2. The van der Waals surface area contributed by atoms with Gasteiger partial charge >= 0.3 is 11.6 Å². The third-order valence-corrected chi connectivity index (χ3v) is 4.85. The zero-order chi connectivity index (χ0) is 21.5. The van der Waals surface area contributed by atoms with Gasteiger partial charge in [0.05, 0.1) is 24.5 Å². The predicted octanol–water partition coefficient (Wildman–Crippen LogP) is 1.89. The molecule has 0 saturated carbocycles. The highest BCUT2D eigenvalue weighted by molar-refractivity contribution is 7.51. The first kappa shape index (κ1) is 21.9. The highest BCUT2D eigenvalue weighted by Crippen LogP contribution is 2.28. The Kier molecular flexibility index (Phi) is 7.55. The van der Waals surface area contributed by atoms with Gasteiger partial charge in [0.2, 0.25) is 5.88 Å². The topological polar surface area (TPSA) is 126 Å². The molecule has 1 aromatic heterocycles. The van der Waals surface area contributed by atoms with Crippen molar-refractivity contribution in [2.24, 2.45) is 0 Å². The van der Waals surface area contributed by atoms with Crippen molar-refractivity contribution in [3.05, 3.63) is 41.5 Å². The van der Waals surface area contributed by atoms with E-state index in [0.717, 1.165) is 24.6 Å². The maximum Gasteiger partial charge on any atom is 0.335 e. The van der Waals surface area contributed by atoms with Crippen molar-refractivity contribution in [3.8, 4) is 5.88 Å². The Morgan fingerprint density at radius 3 is 2.63 bits per heavy atom. The summed E-state index contributed by atoms with van der Waals surface area (Å²) in [7, 11) is 0. The average molecular weight is 435 g/mol. The van der Waals surface area contributed by atoms with E-state index in [2.05, 4.69) is 20.6 Å². The van der Waals surface area contributed by atoms with Gasteiger partial charge in [0.15, 0.2) is 0 Å². The van der Waals surface area contributed by atoms with E-state index >= 15 is 0 Å². The number of nitrogens with zero attached hydrogens (tertiary/aromatic N) is 2. The number of hydrogen-bond acceptors (Lipinski definition) is 9. The van der Waals surface area contributed by atoms with E-state index in [-0.39, 0.29) is 24.0 Å². The van der Waals surface area contributed by atoms with Crippen molar-refractivity contribution in [2.45, 2.75) is 38.0 Å². The number of rotatable bonds is 5. The summed E-state index contributed by atoms with van der Waals surface area (Å²) in [4.78, 5) is 8.37. The van der Waals surface area contributed by atoms with Gasteiger partial charge in [0.25, 0.3) is 0 Å². The van der Waals surface area contributed by atoms with Gasteiger partial charge < -0.3 is 25.5 Å². The quantitative estimate of drug-likeness (QED) is 0.608. The maximum atomic E-state index is 14.2. The minimum absolute atomic E-state index is 0.0114. The van der Waals surface area contributed by atoms with Gasteiger partial charge in [-0.25, -0.2) is 14.4 Å². The lowest BCUT2D eigenvalue weighted by molar-refractivity contribution is -0.0132. The van der Waals surface area contributed by atoms with Crippen LogP contribution in [-0.2, 0) is 16.3 Å². The minimum atomic E-state index is -0.750. The van der Waals surface area contributed by atoms with Crippen LogP contribution in [0.25, 0.3) is 0 Å². The van der Waals surface area contributed by atoms with Crippen LogP contribution in [0.15, 0.2) is 24.5 Å². The molecule has 3 heterocycles. The van der Waals surface area contributed by atoms with Crippen molar-refractivity contribution in [3.63, 3.8) is 0 Å². The Balaban J connectivity index is 0.000000806. The lowest BCUT2D eigenvalue weighted by atomic mass is 9.95. The maximum absolute atomic E-state index is 14.2. The Morgan fingerprint density at radius 2 is 2.00 bits per heavy atom. The van der Waals surface area contributed by atoms with E-state index in [4.69, 9.17) is 23.3 Å². The van der Waals surface area contributed by atoms with Crippen LogP contribution < -0.4 is 15.4 Å². The van der Waals surface area contributed by atoms with Crippen LogP contribution in [0.3, 0.4) is 0 Å². The van der Waals surface area contributed by atoms with Crippen LogP contribution in [-0.4, -0.2) is 56.0 Å². The molecule has 30 heavy (non-hydrogen) atoms. The fourth-order valence-corrected chi connectivity index (χ4v) is 3.59. The van der Waals surface area contributed by atoms with Crippen LogP contribution in [0, 0.1) is 18.2 Å². The molecule has 2 aromatic rings. The van der Waals surface area contributed by atoms with Crippen molar-refractivity contribution < 1.29 is 22.3 Å². The monoisotopic (exact) mass is 435 g/mol. The molecule has 2 aliphatic rings. The van der Waals surface area contributed by atoms with E-state index in [1.54, 1.807) is 6.07 Å². The molecule has 160 valence electrons. The number of hydrogen-bond donors (Lipinski definition) is 3. The van der Waals surface area contributed by atoms with Crippen molar-refractivity contribution >= 4 is 29.3 Å². The van der Waals surface area contributed by atoms with Crippen molar-refractivity contribution in [1.82, 2.24) is 15.3 Å². The summed E-state index contributed by atoms with van der Waals surface area (Å²) < 4.78 is 42.4. The van der Waals surface area contributed by atoms with Crippen molar-refractivity contribution in [2.75, 3.05) is 18.5 Å². The Morgan fingerprint density at radius 1 is 1.30 bits per heavy atom. The standard InChI is InChI=1S/C19H22FN5O2.O2S/c1-11-2-3-17(16(20)4-11)25-18-15(7-21)19(23-10-22-18)27-14-5-12-8-26-9-13(6-14)24-12;1-3-2/h2-4,7,10,12-14,21,24H,5-6,8-9H2,1H3,(H,22,23,25);. The molecule has 11 heteroatoms. The van der Waals surface area contributed by atoms with E-state index in [1.807, 2.05) is 13.0 Å². The fourth-order valence-electron chi connectivity index (χ4n) is 3.59. The largest absolute Gasteiger partial charge is 0.474 e. The molecule has 0 spiro atoms. The summed E-state index contributed by atoms with van der Waals surface area (Å²) in [6.07, 6.45) is 4.11. The van der Waals surface area contributed by atoms with Crippen LogP contribution in [0.4, 0.5) is 15.9 Å². The Bertz CT molecular complexity index is 929. The van der Waals surface area contributed by atoms with Gasteiger partial charge in [-0.15, -0.1) is 0 Å². The second-order valence-electron chi connectivity index (χ2n) is 7.07. The third-order valence-electron chi connectivity index (χ3n) is 4.85. The number of anilines is 2. The van der Waals surface area contributed by atoms with Crippen molar-refractivity contribution in [1.29, 1.82) is 5.41 Å². The average Bonchev–Trinajstić information content (AvgIpc) is 2.71. The molecule has 2 saturated heterocycles. The molecule has 2 unspecified atom stereocenters. The lowest BCUT2D eigenvalue weighted by Crippen LogP contribution is -2.56. The van der Waals surface area contributed by atoms with E-state index in [0.29, 0.717) is 36.2 Å². The molecule has 2 aliphatic heterocycles. The predicted molar refractivity (Wildman–Crippen MR) is 108 cm³/mol. The van der Waals surface area contributed by atoms with Gasteiger partial charge in [-0.3, -0.25) is 0 Å². The summed E-state index contributed by atoms with van der Waals surface area (Å²) >= 11 is -0.750. The first-order valence-electron chi connectivity index (χ1n) is 9.35. The normalized spacial score (nSPS) is 22.3. The molecular formula is C19H22FN5O4S. The van der Waals surface area contributed by atoms with Gasteiger partial charge in [0.1, 0.15) is 24.1 Å². The second kappa shape index (κ2) is 10.3. The number of benzene rings is 1. The fraction of sp³-hybridized carbons (Fsp3) is 0.421. The smallest absolute Gasteiger partial charge is 0.335 e. The molecule has 0 amide bonds. The first-order valence-corrected chi connectivity index (χ1v) is 10.0. The molecule has 0 aliphatic carbocycles. The molecule has 2 bridgehead atoms. The number of nitrogens with one attached hydrogen (secondary N) is 3. The summed E-state index contributed by atoms with van der Waals surface area (Å²) in [5.74, 6) is 0.300. The number of morpholine rings is 1. The van der Waals surface area contributed by atoms with Crippen LogP contribution in [0.2, 0.25) is 0 Å². The van der Waals surface area contributed by atoms with Gasteiger partial charge in [-0.2, -0.15) is 8.42 Å². The SMILES string of the molecule is Cc1ccc(Nc2ncnc(OC3CC4COCC(C3)N4)c2C=N)c(F)c1.O=S=O. The van der Waals surface area contributed by atoms with Crippen LogP contribution in [0.5, 0.6) is 5.88 Å². The molecule has 9 nitrogen and oxygen atoms in total. The minimum Gasteiger partial charge on any atom is -0.474 e. The van der Waals surface area contributed by atoms with Crippen LogP contribution >= 0.6 is 0 Å². The van der Waals surface area contributed by atoms with Crippen LogP contribution in [0.1, 0.15) is 24.0 Å². The number of aryl methyl sites for hydroxylation is 1. The molecule has 2 atom stereocenters. The summed E-state index contributed by atoms with van der Waals surface area (Å²) in [6, 6.07) is 5.44. The van der Waals surface area contributed by atoms with E-state index in [9.17, 15) is 4.39 Å². The van der Waals surface area contributed by atoms with E-state index in [1.165, 1.54) is 12.4 Å². The molecule has 2 fully saturated rings. The third kappa shape index (κ3) is 5.43. The number of halogens is 1. The summed E-state index contributed by atoms with van der Waals surface area (Å²) in [6.45, 7) is 3.18. The number of fused-ring (bicyclic) bond motifs is 2. The highest BCUT2D eigenvalue weighted by atomic mass is 32.1. The van der Waals surface area contributed by atoms with Gasteiger partial charge in [0, 0.05) is 31.1 Å². The molecular weight excluding hydrogens is 413 g/mol. The summed E-state index contributed by atoms with van der Waals surface area (Å²) in [5.41, 5.74) is 1.52. The number of piperidine rings is 1. The second-order valence-corrected chi connectivity index (χ2v) is 7.21. The zero-order valence-electron chi connectivity index (χ0n) is 16.3. The Labute approximate surface area is 176 Å². The molecule has 3 N–H and O–H groups in total. The lowest BCUT2D eigenvalue weighted by Gasteiger charge is -2.39. The molecule has 4 rings (SSSR count). The molecule has 0 radical (unpaired) electrons. The zero-order valence-corrected chi connectivity index (χ0v) is 17.1. The molecule has 1 aromatic carbocycles. The van der Waals surface area contributed by atoms with E-state index < -0.39 is 11.6 Å². The first-order chi connectivity index (χ1) is 14.5. The summed E-state index contributed by atoms with van der Waals surface area (Å²) in [5, 5.41) is 14.2. The van der Waals surface area contributed by atoms with Gasteiger partial charge in [-0.1, -0.05) is 6.07 Å².